The summed E-state index contributed by atoms with van der Waals surface area (Å²) in [6.07, 6.45) is 1.02. The molecule has 2 aromatic carbocycles. The first-order valence-corrected chi connectivity index (χ1v) is 9.93. The second kappa shape index (κ2) is 8.02. The summed E-state index contributed by atoms with van der Waals surface area (Å²) in [6.45, 7) is 3.78. The zero-order valence-corrected chi connectivity index (χ0v) is 15.7. The van der Waals surface area contributed by atoms with Crippen molar-refractivity contribution in [2.24, 2.45) is 0 Å². The molecular formula is C19H21N3O3S. The fraction of sp³-hybridized carbons (Fsp3) is 0.263. The minimum atomic E-state index is -3.69. The molecule has 7 heteroatoms. The number of nitrogens with zero attached hydrogens (tertiary/aromatic N) is 2. The van der Waals surface area contributed by atoms with E-state index in [4.69, 9.17) is 5.26 Å². The summed E-state index contributed by atoms with van der Waals surface area (Å²) in [7, 11) is -3.69. The number of hydrogen-bond donors (Lipinski definition) is 1. The van der Waals surface area contributed by atoms with Crippen LogP contribution in [0.3, 0.4) is 0 Å². The predicted octanol–water partition coefficient (Wildman–Crippen LogP) is 3.09. The molecule has 0 aromatic heterocycles. The quantitative estimate of drug-likeness (QED) is 0.845. The summed E-state index contributed by atoms with van der Waals surface area (Å²) in [4.78, 5) is 12.3. The van der Waals surface area contributed by atoms with Crippen LogP contribution in [0.15, 0.2) is 48.5 Å². The maximum Gasteiger partial charge on any atom is 0.245 e. The molecule has 0 aliphatic rings. The van der Waals surface area contributed by atoms with Gasteiger partial charge < -0.3 is 5.32 Å². The summed E-state index contributed by atoms with van der Waals surface area (Å²) in [5, 5.41) is 11.7. The Morgan fingerprint density at radius 3 is 2.38 bits per heavy atom. The van der Waals surface area contributed by atoms with Crippen molar-refractivity contribution >= 4 is 27.3 Å². The van der Waals surface area contributed by atoms with Crippen LogP contribution in [0.4, 0.5) is 11.4 Å². The number of carbonyl (C=O) groups excluding carboxylic acids is 1. The van der Waals surface area contributed by atoms with E-state index in [0.29, 0.717) is 17.2 Å². The molecule has 1 N–H and O–H groups in total. The SMILES string of the molecule is CC(C)c1ccc(NC(=O)CN(c2cccc(C#N)c2)S(C)(=O)=O)cc1. The van der Waals surface area contributed by atoms with Crippen LogP contribution in [0.25, 0.3) is 0 Å². The molecule has 0 spiro atoms. The monoisotopic (exact) mass is 371 g/mol. The number of amides is 1. The summed E-state index contributed by atoms with van der Waals surface area (Å²) < 4.78 is 25.2. The van der Waals surface area contributed by atoms with Gasteiger partial charge in [-0.05, 0) is 41.8 Å². The van der Waals surface area contributed by atoms with Crippen LogP contribution in [0.1, 0.15) is 30.9 Å². The molecule has 1 amide bonds. The Balaban J connectivity index is 2.18. The maximum absolute atomic E-state index is 12.3. The Hall–Kier alpha value is -2.85. The topological polar surface area (TPSA) is 90.3 Å². The largest absolute Gasteiger partial charge is 0.325 e. The van der Waals surface area contributed by atoms with Gasteiger partial charge in [-0.3, -0.25) is 9.10 Å². The number of nitrogens with one attached hydrogen (secondary N) is 1. The first-order valence-electron chi connectivity index (χ1n) is 8.08. The summed E-state index contributed by atoms with van der Waals surface area (Å²) in [6, 6.07) is 15.5. The van der Waals surface area contributed by atoms with Gasteiger partial charge in [0.25, 0.3) is 0 Å². The van der Waals surface area contributed by atoms with Gasteiger partial charge in [0.1, 0.15) is 6.54 Å². The van der Waals surface area contributed by atoms with Crippen LogP contribution < -0.4 is 9.62 Å². The van der Waals surface area contributed by atoms with Gasteiger partial charge >= 0.3 is 0 Å². The van der Waals surface area contributed by atoms with Gasteiger partial charge in [-0.2, -0.15) is 5.26 Å². The third kappa shape index (κ3) is 5.07. The molecule has 0 atom stereocenters. The molecule has 6 nitrogen and oxygen atoms in total. The highest BCUT2D eigenvalue weighted by molar-refractivity contribution is 7.92. The van der Waals surface area contributed by atoms with Crippen LogP contribution in [0.5, 0.6) is 0 Å². The highest BCUT2D eigenvalue weighted by Gasteiger charge is 2.21. The first kappa shape index (κ1) is 19.5. The number of sulfonamides is 1. The number of benzene rings is 2. The lowest BCUT2D eigenvalue weighted by Crippen LogP contribution is -2.37. The van der Waals surface area contributed by atoms with Crippen molar-refractivity contribution in [1.29, 1.82) is 5.26 Å². The molecule has 0 radical (unpaired) electrons. The van der Waals surface area contributed by atoms with Crippen molar-refractivity contribution in [1.82, 2.24) is 0 Å². The van der Waals surface area contributed by atoms with Gasteiger partial charge in [-0.1, -0.05) is 32.0 Å². The maximum atomic E-state index is 12.3. The third-order valence-corrected chi connectivity index (χ3v) is 4.95. The van der Waals surface area contributed by atoms with E-state index in [1.165, 1.54) is 6.07 Å². The molecular weight excluding hydrogens is 350 g/mol. The number of rotatable bonds is 6. The minimum absolute atomic E-state index is 0.275. The predicted molar refractivity (Wildman–Crippen MR) is 103 cm³/mol. The zero-order valence-electron chi connectivity index (χ0n) is 14.9. The highest BCUT2D eigenvalue weighted by atomic mass is 32.2. The molecule has 0 saturated heterocycles. The van der Waals surface area contributed by atoms with E-state index in [1.54, 1.807) is 30.3 Å². The van der Waals surface area contributed by atoms with E-state index >= 15 is 0 Å². The van der Waals surface area contributed by atoms with E-state index in [2.05, 4.69) is 19.2 Å². The fourth-order valence-corrected chi connectivity index (χ4v) is 3.26. The first-order chi connectivity index (χ1) is 12.2. The molecule has 0 saturated carbocycles. The lowest BCUT2D eigenvalue weighted by atomic mass is 10.0. The zero-order chi connectivity index (χ0) is 19.3. The van der Waals surface area contributed by atoms with Gasteiger partial charge in [-0.25, -0.2) is 8.42 Å². The fourth-order valence-electron chi connectivity index (χ4n) is 2.41. The van der Waals surface area contributed by atoms with Gasteiger partial charge in [-0.15, -0.1) is 0 Å². The summed E-state index contributed by atoms with van der Waals surface area (Å²) in [5.74, 6) is -0.0806. The number of hydrogen-bond acceptors (Lipinski definition) is 4. The molecule has 0 bridgehead atoms. The molecule has 26 heavy (non-hydrogen) atoms. The Bertz CT molecular complexity index is 929. The Labute approximate surface area is 154 Å². The lowest BCUT2D eigenvalue weighted by molar-refractivity contribution is -0.114. The summed E-state index contributed by atoms with van der Waals surface area (Å²) in [5.41, 5.74) is 2.34. The highest BCUT2D eigenvalue weighted by Crippen LogP contribution is 2.20. The van der Waals surface area contributed by atoms with Crippen molar-refractivity contribution in [3.63, 3.8) is 0 Å². The van der Waals surface area contributed by atoms with Crippen molar-refractivity contribution in [3.05, 3.63) is 59.7 Å². The molecule has 0 heterocycles. The van der Waals surface area contributed by atoms with Crippen molar-refractivity contribution in [2.45, 2.75) is 19.8 Å². The molecule has 0 unspecified atom stereocenters. The van der Waals surface area contributed by atoms with E-state index in [1.807, 2.05) is 18.2 Å². The molecule has 0 aliphatic carbocycles. The Morgan fingerprint density at radius 2 is 1.85 bits per heavy atom. The van der Waals surface area contributed by atoms with Crippen LogP contribution in [-0.4, -0.2) is 27.1 Å². The van der Waals surface area contributed by atoms with Crippen molar-refractivity contribution in [2.75, 3.05) is 22.4 Å². The number of anilines is 2. The van der Waals surface area contributed by atoms with Crippen molar-refractivity contribution < 1.29 is 13.2 Å². The minimum Gasteiger partial charge on any atom is -0.325 e. The van der Waals surface area contributed by atoms with E-state index in [9.17, 15) is 13.2 Å². The van der Waals surface area contributed by atoms with Crippen LogP contribution in [-0.2, 0) is 14.8 Å². The second-order valence-corrected chi connectivity index (χ2v) is 8.16. The average molecular weight is 371 g/mol. The smallest absolute Gasteiger partial charge is 0.245 e. The number of carbonyl (C=O) groups is 1. The van der Waals surface area contributed by atoms with Gasteiger partial charge in [0.05, 0.1) is 23.6 Å². The standard InChI is InChI=1S/C19H21N3O3S/c1-14(2)16-7-9-17(10-8-16)21-19(23)13-22(26(3,24)25)18-6-4-5-15(11-18)12-20/h4-11,14H,13H2,1-3H3,(H,21,23). The van der Waals surface area contributed by atoms with Gasteiger partial charge in [0.15, 0.2) is 0 Å². The Kier molecular flexibility index (Phi) is 6.01. The van der Waals surface area contributed by atoms with Crippen LogP contribution in [0.2, 0.25) is 0 Å². The van der Waals surface area contributed by atoms with Gasteiger partial charge in [0.2, 0.25) is 15.9 Å². The van der Waals surface area contributed by atoms with E-state index < -0.39 is 15.9 Å². The van der Waals surface area contributed by atoms with E-state index in [-0.39, 0.29) is 12.2 Å². The van der Waals surface area contributed by atoms with Gasteiger partial charge in [0, 0.05) is 5.69 Å². The van der Waals surface area contributed by atoms with Crippen LogP contribution in [0, 0.1) is 11.3 Å². The molecule has 2 aromatic rings. The Morgan fingerprint density at radius 1 is 1.19 bits per heavy atom. The molecule has 136 valence electrons. The summed E-state index contributed by atoms with van der Waals surface area (Å²) >= 11 is 0. The molecule has 0 fully saturated rings. The average Bonchev–Trinajstić information content (AvgIpc) is 2.59. The normalized spacial score (nSPS) is 11.0. The third-order valence-electron chi connectivity index (χ3n) is 3.81. The lowest BCUT2D eigenvalue weighted by Gasteiger charge is -2.22. The second-order valence-electron chi connectivity index (χ2n) is 6.26. The van der Waals surface area contributed by atoms with E-state index in [0.717, 1.165) is 16.1 Å². The molecule has 0 aliphatic heterocycles. The van der Waals surface area contributed by atoms with Crippen molar-refractivity contribution in [3.8, 4) is 6.07 Å². The number of nitriles is 1. The molecule has 2 rings (SSSR count). The van der Waals surface area contributed by atoms with Crippen LogP contribution >= 0.6 is 0 Å².